The summed E-state index contributed by atoms with van der Waals surface area (Å²) >= 11 is 1.82. The third-order valence-corrected chi connectivity index (χ3v) is 6.63. The smallest absolute Gasteiger partial charge is 0.310 e. The Morgan fingerprint density at radius 3 is 2.54 bits per heavy atom. The van der Waals surface area contributed by atoms with Crippen LogP contribution in [0.15, 0.2) is 24.3 Å². The first-order chi connectivity index (χ1) is 13.6. The number of ether oxygens (including phenoxy) is 1. The van der Waals surface area contributed by atoms with E-state index in [1.807, 2.05) is 40.9 Å². The molecule has 1 aromatic rings. The number of amides is 1. The summed E-state index contributed by atoms with van der Waals surface area (Å²) in [5, 5.41) is 0.0460. The Balaban J connectivity index is 1.57. The highest BCUT2D eigenvalue weighted by molar-refractivity contribution is 7.99. The fourth-order valence-corrected chi connectivity index (χ4v) is 4.85. The summed E-state index contributed by atoms with van der Waals surface area (Å²) in [6.07, 6.45) is 1.97. The van der Waals surface area contributed by atoms with Crippen LogP contribution in [0.2, 0.25) is 0 Å². The van der Waals surface area contributed by atoms with E-state index >= 15 is 0 Å². The van der Waals surface area contributed by atoms with Crippen molar-refractivity contribution in [3.63, 3.8) is 0 Å². The highest BCUT2D eigenvalue weighted by atomic mass is 32.2. The van der Waals surface area contributed by atoms with E-state index in [9.17, 15) is 9.59 Å². The van der Waals surface area contributed by atoms with Crippen LogP contribution in [-0.4, -0.2) is 78.6 Å². The number of piperazine rings is 1. The maximum absolute atomic E-state index is 12.6. The third kappa shape index (κ3) is 5.72. The predicted molar refractivity (Wildman–Crippen MR) is 112 cm³/mol. The van der Waals surface area contributed by atoms with Crippen LogP contribution in [0.4, 0.5) is 0 Å². The molecule has 2 aliphatic rings. The van der Waals surface area contributed by atoms with E-state index in [1.165, 1.54) is 0 Å². The molecular formula is C21H31N3O3S. The lowest BCUT2D eigenvalue weighted by Gasteiger charge is -2.37. The van der Waals surface area contributed by atoms with Crippen molar-refractivity contribution in [1.29, 1.82) is 0 Å². The summed E-state index contributed by atoms with van der Waals surface area (Å²) in [4.78, 5) is 30.9. The standard InChI is InChI=1S/C21H31N3O3S/c1-3-20(26)27-18-7-5-17(6-8-18)21-24(19(25)9-16-28-21)11-4-10-23-14-12-22(2)13-15-23/h5-8,21H,3-4,9-16H2,1-2H3. The second-order valence-corrected chi connectivity index (χ2v) is 8.64. The van der Waals surface area contributed by atoms with Crippen LogP contribution in [-0.2, 0) is 9.59 Å². The lowest BCUT2D eigenvalue weighted by molar-refractivity contribution is -0.134. The Hall–Kier alpha value is -1.57. The number of hydrogen-bond acceptors (Lipinski definition) is 6. The molecule has 0 saturated carbocycles. The van der Waals surface area contributed by atoms with Gasteiger partial charge in [0, 0.05) is 51.3 Å². The van der Waals surface area contributed by atoms with Crippen LogP contribution in [0.5, 0.6) is 5.75 Å². The number of nitrogens with zero attached hydrogens (tertiary/aromatic N) is 3. The first-order valence-corrected chi connectivity index (χ1v) is 11.2. The van der Waals surface area contributed by atoms with Gasteiger partial charge in [-0.3, -0.25) is 9.59 Å². The van der Waals surface area contributed by atoms with Crippen molar-refractivity contribution in [2.75, 3.05) is 52.1 Å². The molecular weight excluding hydrogens is 374 g/mol. The van der Waals surface area contributed by atoms with Gasteiger partial charge in [0.1, 0.15) is 11.1 Å². The Morgan fingerprint density at radius 1 is 1.14 bits per heavy atom. The van der Waals surface area contributed by atoms with Gasteiger partial charge < -0.3 is 19.4 Å². The average molecular weight is 406 g/mol. The van der Waals surface area contributed by atoms with Gasteiger partial charge >= 0.3 is 5.97 Å². The number of likely N-dealkylation sites (N-methyl/N-ethyl adjacent to an activating group) is 1. The fraction of sp³-hybridized carbons (Fsp3) is 0.619. The molecule has 6 nitrogen and oxygen atoms in total. The number of hydrogen-bond donors (Lipinski definition) is 0. The molecule has 0 radical (unpaired) electrons. The van der Waals surface area contributed by atoms with Crippen molar-refractivity contribution >= 4 is 23.6 Å². The highest BCUT2D eigenvalue weighted by Gasteiger charge is 2.29. The van der Waals surface area contributed by atoms with Crippen LogP contribution in [0, 0.1) is 0 Å². The van der Waals surface area contributed by atoms with Gasteiger partial charge in [-0.1, -0.05) is 19.1 Å². The van der Waals surface area contributed by atoms with E-state index < -0.39 is 0 Å². The molecule has 2 fully saturated rings. The SMILES string of the molecule is CCC(=O)Oc1ccc(C2SCCC(=O)N2CCCN2CCN(C)CC2)cc1. The maximum Gasteiger partial charge on any atom is 0.310 e. The molecule has 1 unspecified atom stereocenters. The summed E-state index contributed by atoms with van der Waals surface area (Å²) in [7, 11) is 2.17. The van der Waals surface area contributed by atoms with Crippen molar-refractivity contribution in [3.8, 4) is 5.75 Å². The third-order valence-electron chi connectivity index (χ3n) is 5.35. The summed E-state index contributed by atoms with van der Waals surface area (Å²) in [6.45, 7) is 8.07. The molecule has 154 valence electrons. The molecule has 0 bridgehead atoms. The van der Waals surface area contributed by atoms with Crippen molar-refractivity contribution < 1.29 is 14.3 Å². The number of thioether (sulfide) groups is 1. The van der Waals surface area contributed by atoms with Crippen LogP contribution < -0.4 is 4.74 Å². The molecule has 1 amide bonds. The average Bonchev–Trinajstić information content (AvgIpc) is 2.71. The van der Waals surface area contributed by atoms with Crippen molar-refractivity contribution in [1.82, 2.24) is 14.7 Å². The highest BCUT2D eigenvalue weighted by Crippen LogP contribution is 2.37. The van der Waals surface area contributed by atoms with E-state index in [0.717, 1.165) is 57.0 Å². The van der Waals surface area contributed by atoms with Crippen molar-refractivity contribution in [3.05, 3.63) is 29.8 Å². The molecule has 3 rings (SSSR count). The molecule has 0 spiro atoms. The van der Waals surface area contributed by atoms with Gasteiger partial charge in [0.05, 0.1) is 0 Å². The lowest BCUT2D eigenvalue weighted by atomic mass is 10.1. The van der Waals surface area contributed by atoms with Gasteiger partial charge in [-0.05, 0) is 37.7 Å². The molecule has 7 heteroatoms. The molecule has 28 heavy (non-hydrogen) atoms. The predicted octanol–water partition coefficient (Wildman–Crippen LogP) is 2.60. The van der Waals surface area contributed by atoms with Crippen LogP contribution in [0.3, 0.4) is 0 Å². The molecule has 1 aromatic carbocycles. The minimum atomic E-state index is -0.236. The van der Waals surface area contributed by atoms with Gasteiger partial charge in [0.15, 0.2) is 0 Å². The van der Waals surface area contributed by atoms with Gasteiger partial charge in [-0.25, -0.2) is 0 Å². The van der Waals surface area contributed by atoms with Gasteiger partial charge in [-0.15, -0.1) is 11.8 Å². The summed E-state index contributed by atoms with van der Waals surface area (Å²) in [5.41, 5.74) is 1.09. The second kappa shape index (κ2) is 10.3. The largest absolute Gasteiger partial charge is 0.427 e. The monoisotopic (exact) mass is 405 g/mol. The molecule has 2 aliphatic heterocycles. The van der Waals surface area contributed by atoms with E-state index in [0.29, 0.717) is 18.6 Å². The van der Waals surface area contributed by atoms with E-state index in [2.05, 4.69) is 16.8 Å². The summed E-state index contributed by atoms with van der Waals surface area (Å²) in [6, 6.07) is 7.60. The molecule has 2 saturated heterocycles. The fourth-order valence-electron chi connectivity index (χ4n) is 3.58. The van der Waals surface area contributed by atoms with Gasteiger partial charge in [-0.2, -0.15) is 0 Å². The Bertz CT molecular complexity index is 659. The molecule has 0 aliphatic carbocycles. The van der Waals surface area contributed by atoms with E-state index in [-0.39, 0.29) is 17.3 Å². The Morgan fingerprint density at radius 2 is 1.86 bits per heavy atom. The topological polar surface area (TPSA) is 53.1 Å². The summed E-state index contributed by atoms with van der Waals surface area (Å²) in [5.74, 6) is 1.42. The maximum atomic E-state index is 12.6. The van der Waals surface area contributed by atoms with Crippen LogP contribution in [0.1, 0.15) is 37.1 Å². The number of benzene rings is 1. The van der Waals surface area contributed by atoms with Crippen LogP contribution in [0.25, 0.3) is 0 Å². The Labute approximate surface area is 172 Å². The molecule has 2 heterocycles. The zero-order valence-corrected chi connectivity index (χ0v) is 17.7. The quantitative estimate of drug-likeness (QED) is 0.513. The number of esters is 1. The minimum absolute atomic E-state index is 0.0460. The molecule has 0 N–H and O–H groups in total. The number of carbonyl (C=O) groups is 2. The van der Waals surface area contributed by atoms with Crippen molar-refractivity contribution in [2.24, 2.45) is 0 Å². The van der Waals surface area contributed by atoms with E-state index in [4.69, 9.17) is 4.74 Å². The Kier molecular flexibility index (Phi) is 7.76. The first-order valence-electron chi connectivity index (χ1n) is 10.2. The van der Waals surface area contributed by atoms with Crippen LogP contribution >= 0.6 is 11.8 Å². The molecule has 0 aromatic heterocycles. The van der Waals surface area contributed by atoms with E-state index in [1.54, 1.807) is 6.92 Å². The zero-order chi connectivity index (χ0) is 19.9. The first kappa shape index (κ1) is 21.1. The number of rotatable bonds is 7. The minimum Gasteiger partial charge on any atom is -0.427 e. The normalized spacial score (nSPS) is 21.7. The lowest BCUT2D eigenvalue weighted by Crippen LogP contribution is -2.45. The zero-order valence-electron chi connectivity index (χ0n) is 16.9. The van der Waals surface area contributed by atoms with Crippen molar-refractivity contribution in [2.45, 2.75) is 31.6 Å². The molecule has 1 atom stereocenters. The van der Waals surface area contributed by atoms with Gasteiger partial charge in [0.25, 0.3) is 0 Å². The second-order valence-electron chi connectivity index (χ2n) is 7.46. The summed E-state index contributed by atoms with van der Waals surface area (Å²) < 4.78 is 5.26. The number of carbonyl (C=O) groups excluding carboxylic acids is 2. The van der Waals surface area contributed by atoms with Gasteiger partial charge in [0.2, 0.25) is 5.91 Å².